The van der Waals surface area contributed by atoms with Crippen LogP contribution >= 0.6 is 22.6 Å². The summed E-state index contributed by atoms with van der Waals surface area (Å²) in [5, 5.41) is 12.6. The minimum absolute atomic E-state index is 0.147. The molecular formula is C17H23IN2O4. The van der Waals surface area contributed by atoms with E-state index in [1.165, 1.54) is 4.90 Å². The highest BCUT2D eigenvalue weighted by atomic mass is 127. The van der Waals surface area contributed by atoms with Gasteiger partial charge in [-0.3, -0.25) is 4.79 Å². The lowest BCUT2D eigenvalue weighted by Gasteiger charge is -2.27. The lowest BCUT2D eigenvalue weighted by atomic mass is 9.87. The summed E-state index contributed by atoms with van der Waals surface area (Å²) >= 11 is 2.19. The summed E-state index contributed by atoms with van der Waals surface area (Å²) in [6.07, 6.45) is -0.0567. The molecule has 7 heteroatoms. The van der Waals surface area contributed by atoms with Gasteiger partial charge in [0.05, 0.1) is 12.0 Å². The van der Waals surface area contributed by atoms with Gasteiger partial charge < -0.3 is 20.1 Å². The second-order valence-electron chi connectivity index (χ2n) is 7.05. The van der Waals surface area contributed by atoms with Crippen molar-refractivity contribution < 1.29 is 19.4 Å². The fraction of sp³-hybridized carbons (Fsp3) is 0.529. The highest BCUT2D eigenvalue weighted by Gasteiger charge is 2.46. The fourth-order valence-corrected chi connectivity index (χ4v) is 2.90. The molecule has 1 aromatic rings. The second-order valence-corrected chi connectivity index (χ2v) is 8.30. The van der Waals surface area contributed by atoms with E-state index in [-0.39, 0.29) is 19.1 Å². The number of benzene rings is 1. The van der Waals surface area contributed by atoms with E-state index in [0.717, 1.165) is 3.57 Å². The van der Waals surface area contributed by atoms with Gasteiger partial charge >= 0.3 is 6.09 Å². The third kappa shape index (κ3) is 4.60. The smallest absolute Gasteiger partial charge is 0.410 e. The van der Waals surface area contributed by atoms with E-state index in [1.54, 1.807) is 20.8 Å². The quantitative estimate of drug-likeness (QED) is 0.701. The van der Waals surface area contributed by atoms with Gasteiger partial charge in [-0.05, 0) is 74.0 Å². The third-order valence-corrected chi connectivity index (χ3v) is 4.61. The molecule has 2 N–H and O–H groups in total. The Morgan fingerprint density at radius 1 is 1.33 bits per heavy atom. The summed E-state index contributed by atoms with van der Waals surface area (Å²) in [6, 6.07) is 7.41. The highest BCUT2D eigenvalue weighted by molar-refractivity contribution is 14.1. The van der Waals surface area contributed by atoms with Crippen LogP contribution < -0.4 is 5.32 Å². The number of hydrogen-bond donors (Lipinski definition) is 2. The summed E-state index contributed by atoms with van der Waals surface area (Å²) < 4.78 is 6.41. The number of rotatable bonds is 3. The highest BCUT2D eigenvalue weighted by Crippen LogP contribution is 2.32. The van der Waals surface area contributed by atoms with Crippen LogP contribution in [0.25, 0.3) is 0 Å². The predicted octanol–water partition coefficient (Wildman–Crippen LogP) is 2.85. The zero-order valence-electron chi connectivity index (χ0n) is 14.1. The molecule has 1 aromatic carbocycles. The molecule has 2 amide bonds. The number of nitrogens with zero attached hydrogens (tertiary/aromatic N) is 1. The van der Waals surface area contributed by atoms with Gasteiger partial charge in [-0.15, -0.1) is 0 Å². The average Bonchev–Trinajstić information content (AvgIpc) is 2.94. The Balaban J connectivity index is 2.05. The molecule has 0 aromatic heterocycles. The lowest BCUT2D eigenvalue weighted by Crippen LogP contribution is -2.43. The number of aliphatic hydroxyl groups is 1. The number of carbonyl (C=O) groups is 2. The van der Waals surface area contributed by atoms with Crippen molar-refractivity contribution in [2.45, 2.75) is 32.8 Å². The van der Waals surface area contributed by atoms with Gasteiger partial charge in [0.15, 0.2) is 0 Å². The maximum absolute atomic E-state index is 12.7. The molecular weight excluding hydrogens is 423 g/mol. The van der Waals surface area contributed by atoms with E-state index < -0.39 is 17.1 Å². The normalized spacial score (nSPS) is 20.8. The SMILES string of the molecule is CC(C)(C)OC(=O)N1CCC(CO)(C(=O)Nc2ccc(I)cc2)C1. The number of hydrogen-bond acceptors (Lipinski definition) is 4. The maximum Gasteiger partial charge on any atom is 0.410 e. The molecule has 0 bridgehead atoms. The topological polar surface area (TPSA) is 78.9 Å². The number of likely N-dealkylation sites (tertiary alicyclic amines) is 1. The molecule has 0 aliphatic carbocycles. The molecule has 1 heterocycles. The van der Waals surface area contributed by atoms with Crippen LogP contribution in [0.4, 0.5) is 10.5 Å². The summed E-state index contributed by atoms with van der Waals surface area (Å²) in [7, 11) is 0. The van der Waals surface area contributed by atoms with Crippen LogP contribution in [0.3, 0.4) is 0 Å². The second kappa shape index (κ2) is 7.26. The molecule has 0 radical (unpaired) electrons. The van der Waals surface area contributed by atoms with Crippen molar-refractivity contribution >= 4 is 40.3 Å². The van der Waals surface area contributed by atoms with Crippen LogP contribution in [-0.4, -0.2) is 47.3 Å². The number of ether oxygens (including phenoxy) is 1. The van der Waals surface area contributed by atoms with Crippen molar-refractivity contribution in [3.63, 3.8) is 0 Å². The number of amides is 2. The minimum atomic E-state index is -1.00. The molecule has 0 saturated carbocycles. The standard InChI is InChI=1S/C17H23IN2O4/c1-16(2,3)24-15(23)20-9-8-17(10-20,11-21)14(22)19-13-6-4-12(18)5-7-13/h4-7,21H,8-11H2,1-3H3,(H,19,22). The molecule has 1 aliphatic heterocycles. The Morgan fingerprint density at radius 3 is 2.50 bits per heavy atom. The van der Waals surface area contributed by atoms with E-state index in [0.29, 0.717) is 18.7 Å². The summed E-state index contributed by atoms with van der Waals surface area (Å²) in [4.78, 5) is 26.3. The van der Waals surface area contributed by atoms with Crippen LogP contribution in [0.15, 0.2) is 24.3 Å². The molecule has 1 saturated heterocycles. The van der Waals surface area contributed by atoms with Crippen molar-refractivity contribution in [1.29, 1.82) is 0 Å². The Bertz CT molecular complexity index is 612. The van der Waals surface area contributed by atoms with Gasteiger partial charge in [0.2, 0.25) is 5.91 Å². The first-order valence-electron chi connectivity index (χ1n) is 7.81. The van der Waals surface area contributed by atoms with Gasteiger partial charge in [0.25, 0.3) is 0 Å². The number of carbonyl (C=O) groups excluding carboxylic acids is 2. The largest absolute Gasteiger partial charge is 0.444 e. The number of aliphatic hydroxyl groups excluding tert-OH is 1. The molecule has 1 unspecified atom stereocenters. The van der Waals surface area contributed by atoms with Crippen LogP contribution in [0.1, 0.15) is 27.2 Å². The van der Waals surface area contributed by atoms with Gasteiger partial charge in [0.1, 0.15) is 5.60 Å². The first-order chi connectivity index (χ1) is 11.1. The monoisotopic (exact) mass is 446 g/mol. The van der Waals surface area contributed by atoms with Crippen LogP contribution in [0, 0.1) is 8.99 Å². The zero-order chi connectivity index (χ0) is 18.0. The molecule has 132 valence electrons. The maximum atomic E-state index is 12.7. The number of halogens is 1. The van der Waals surface area contributed by atoms with Crippen LogP contribution in [-0.2, 0) is 9.53 Å². The zero-order valence-corrected chi connectivity index (χ0v) is 16.3. The molecule has 24 heavy (non-hydrogen) atoms. The Labute approximate surface area is 155 Å². The van der Waals surface area contributed by atoms with Gasteiger partial charge in [-0.2, -0.15) is 0 Å². The van der Waals surface area contributed by atoms with Crippen LogP contribution in [0.2, 0.25) is 0 Å². The van der Waals surface area contributed by atoms with Crippen molar-refractivity contribution in [2.75, 3.05) is 25.0 Å². The summed E-state index contributed by atoms with van der Waals surface area (Å²) in [6.45, 7) is 5.60. The molecule has 1 aliphatic rings. The third-order valence-electron chi connectivity index (χ3n) is 3.89. The van der Waals surface area contributed by atoms with Gasteiger partial charge in [-0.25, -0.2) is 4.79 Å². The van der Waals surface area contributed by atoms with E-state index in [2.05, 4.69) is 27.9 Å². The average molecular weight is 446 g/mol. The molecule has 6 nitrogen and oxygen atoms in total. The van der Waals surface area contributed by atoms with Crippen LogP contribution in [0.5, 0.6) is 0 Å². The van der Waals surface area contributed by atoms with E-state index in [9.17, 15) is 14.7 Å². The molecule has 1 fully saturated rings. The number of anilines is 1. The van der Waals surface area contributed by atoms with E-state index >= 15 is 0 Å². The van der Waals surface area contributed by atoms with E-state index in [4.69, 9.17) is 4.74 Å². The number of nitrogens with one attached hydrogen (secondary N) is 1. The van der Waals surface area contributed by atoms with Crippen molar-refractivity contribution in [3.05, 3.63) is 27.8 Å². The molecule has 1 atom stereocenters. The summed E-state index contributed by atoms with van der Waals surface area (Å²) in [5.41, 5.74) is -0.922. The predicted molar refractivity (Wildman–Crippen MR) is 99.7 cm³/mol. The Hall–Kier alpha value is -1.35. The van der Waals surface area contributed by atoms with Crippen molar-refractivity contribution in [3.8, 4) is 0 Å². The van der Waals surface area contributed by atoms with Crippen molar-refractivity contribution in [2.24, 2.45) is 5.41 Å². The first kappa shape index (κ1) is 19.0. The summed E-state index contributed by atoms with van der Waals surface area (Å²) in [5.74, 6) is -0.280. The fourth-order valence-electron chi connectivity index (χ4n) is 2.54. The lowest BCUT2D eigenvalue weighted by molar-refractivity contribution is -0.127. The van der Waals surface area contributed by atoms with Gasteiger partial charge in [-0.1, -0.05) is 0 Å². The Kier molecular flexibility index (Phi) is 5.74. The van der Waals surface area contributed by atoms with E-state index in [1.807, 2.05) is 24.3 Å². The molecule has 2 rings (SSSR count). The van der Waals surface area contributed by atoms with Gasteiger partial charge in [0, 0.05) is 22.3 Å². The Morgan fingerprint density at radius 2 is 1.96 bits per heavy atom. The first-order valence-corrected chi connectivity index (χ1v) is 8.89. The van der Waals surface area contributed by atoms with Crippen molar-refractivity contribution in [1.82, 2.24) is 4.90 Å². The molecule has 0 spiro atoms. The minimum Gasteiger partial charge on any atom is -0.444 e.